The largest absolute Gasteiger partial charge is 0.338 e. The molecule has 4 rings (SSSR count). The highest BCUT2D eigenvalue weighted by Crippen LogP contribution is 2.20. The van der Waals surface area contributed by atoms with Crippen LogP contribution in [0.1, 0.15) is 16.8 Å². The molecule has 31 heavy (non-hydrogen) atoms. The Labute approximate surface area is 182 Å². The molecule has 1 saturated heterocycles. The highest BCUT2D eigenvalue weighted by Gasteiger charge is 2.30. The molecule has 1 fully saturated rings. The molecule has 2 amide bonds. The molecule has 164 valence electrons. The number of hydrogen-bond donors (Lipinski definition) is 1. The molecule has 0 spiro atoms. The van der Waals surface area contributed by atoms with E-state index in [4.69, 9.17) is 0 Å². The maximum atomic E-state index is 12.9. The van der Waals surface area contributed by atoms with Crippen LogP contribution in [0.3, 0.4) is 0 Å². The fourth-order valence-electron chi connectivity index (χ4n) is 3.67. The van der Waals surface area contributed by atoms with Crippen LogP contribution in [0.15, 0.2) is 53.7 Å². The van der Waals surface area contributed by atoms with E-state index in [1.165, 1.54) is 4.31 Å². The summed E-state index contributed by atoms with van der Waals surface area (Å²) in [5, 5.41) is 2.91. The van der Waals surface area contributed by atoms with Gasteiger partial charge in [-0.1, -0.05) is 12.1 Å². The maximum Gasteiger partial charge on any atom is 0.317 e. The second kappa shape index (κ2) is 8.68. The normalized spacial score (nSPS) is 15.4. The second-order valence-electron chi connectivity index (χ2n) is 7.82. The number of amides is 2. The number of pyridine rings is 1. The van der Waals surface area contributed by atoms with Gasteiger partial charge >= 0.3 is 6.03 Å². The van der Waals surface area contributed by atoms with Crippen LogP contribution in [0.2, 0.25) is 0 Å². The minimum atomic E-state index is -3.55. The van der Waals surface area contributed by atoms with E-state index in [-0.39, 0.29) is 19.1 Å². The van der Waals surface area contributed by atoms with Crippen LogP contribution >= 0.6 is 0 Å². The second-order valence-corrected chi connectivity index (χ2v) is 9.76. The third-order valence-corrected chi connectivity index (χ3v) is 7.61. The Kier molecular flexibility index (Phi) is 5.97. The summed E-state index contributed by atoms with van der Waals surface area (Å²) in [6, 6.07) is 10.8. The summed E-state index contributed by atoms with van der Waals surface area (Å²) in [5.74, 6) is 0. The van der Waals surface area contributed by atoms with Crippen LogP contribution in [0.25, 0.3) is 5.65 Å². The zero-order valence-corrected chi connectivity index (χ0v) is 18.6. The first kappa shape index (κ1) is 21.3. The van der Waals surface area contributed by atoms with E-state index in [0.29, 0.717) is 31.0 Å². The van der Waals surface area contributed by atoms with Gasteiger partial charge in [0.2, 0.25) is 10.0 Å². The van der Waals surface area contributed by atoms with Crippen LogP contribution in [0, 0.1) is 13.8 Å². The smallest absolute Gasteiger partial charge is 0.317 e. The highest BCUT2D eigenvalue weighted by atomic mass is 32.2. The number of fused-ring (bicyclic) bond motifs is 1. The summed E-state index contributed by atoms with van der Waals surface area (Å²) >= 11 is 0. The topological polar surface area (TPSA) is 87.0 Å². The van der Waals surface area contributed by atoms with Gasteiger partial charge in [-0.25, -0.2) is 18.2 Å². The van der Waals surface area contributed by atoms with E-state index < -0.39 is 10.0 Å². The molecular weight excluding hydrogens is 414 g/mol. The molecule has 1 aliphatic heterocycles. The van der Waals surface area contributed by atoms with E-state index in [0.717, 1.165) is 22.5 Å². The van der Waals surface area contributed by atoms with Crippen LogP contribution < -0.4 is 5.32 Å². The van der Waals surface area contributed by atoms with Crippen molar-refractivity contribution in [3.63, 3.8) is 0 Å². The number of nitrogens with zero attached hydrogens (tertiary/aromatic N) is 4. The van der Waals surface area contributed by atoms with Gasteiger partial charge in [0.25, 0.3) is 0 Å². The number of hydrogen-bond acceptors (Lipinski definition) is 4. The molecule has 0 atom stereocenters. The molecule has 0 aliphatic carbocycles. The van der Waals surface area contributed by atoms with Crippen molar-refractivity contribution in [3.8, 4) is 0 Å². The van der Waals surface area contributed by atoms with E-state index in [2.05, 4.69) is 10.3 Å². The summed E-state index contributed by atoms with van der Waals surface area (Å²) in [6.45, 7) is 5.64. The van der Waals surface area contributed by atoms with Crippen molar-refractivity contribution >= 4 is 21.7 Å². The molecule has 1 aliphatic rings. The molecule has 1 N–H and O–H groups in total. The number of sulfonamides is 1. The van der Waals surface area contributed by atoms with E-state index >= 15 is 0 Å². The molecule has 0 bridgehead atoms. The van der Waals surface area contributed by atoms with Gasteiger partial charge < -0.3 is 14.6 Å². The Morgan fingerprint density at radius 1 is 1.06 bits per heavy atom. The Bertz CT molecular complexity index is 1160. The minimum absolute atomic E-state index is 0.174. The Morgan fingerprint density at radius 2 is 1.84 bits per heavy atom. The maximum absolute atomic E-state index is 12.9. The predicted molar refractivity (Wildman–Crippen MR) is 119 cm³/mol. The first-order valence-corrected chi connectivity index (χ1v) is 11.8. The Hall–Kier alpha value is -2.91. The lowest BCUT2D eigenvalue weighted by Gasteiger charge is -2.34. The van der Waals surface area contributed by atoms with Crippen LogP contribution in [0.5, 0.6) is 0 Å². The summed E-state index contributed by atoms with van der Waals surface area (Å²) < 4.78 is 29.3. The van der Waals surface area contributed by atoms with Crippen molar-refractivity contribution < 1.29 is 13.2 Å². The van der Waals surface area contributed by atoms with E-state index in [1.807, 2.05) is 54.9 Å². The molecule has 8 nitrogen and oxygen atoms in total. The molecule has 2 aromatic heterocycles. The van der Waals surface area contributed by atoms with Gasteiger partial charge in [-0.05, 0) is 49.2 Å². The van der Waals surface area contributed by atoms with Gasteiger partial charge in [0.05, 0.1) is 10.6 Å². The molecule has 0 radical (unpaired) electrons. The number of carbonyl (C=O) groups is 1. The lowest BCUT2D eigenvalue weighted by atomic mass is 10.1. The predicted octanol–water partition coefficient (Wildman–Crippen LogP) is 2.21. The average molecular weight is 442 g/mol. The Balaban J connectivity index is 1.28. The van der Waals surface area contributed by atoms with Crippen molar-refractivity contribution in [2.75, 3.05) is 32.7 Å². The summed E-state index contributed by atoms with van der Waals surface area (Å²) in [5.41, 5.74) is 3.80. The first-order chi connectivity index (χ1) is 14.8. The van der Waals surface area contributed by atoms with Gasteiger partial charge in [-0.3, -0.25) is 0 Å². The van der Waals surface area contributed by atoms with Gasteiger partial charge in [0, 0.05) is 51.5 Å². The molecule has 1 aromatic carbocycles. The van der Waals surface area contributed by atoms with Gasteiger partial charge in [-0.2, -0.15) is 4.31 Å². The lowest BCUT2D eigenvalue weighted by molar-refractivity contribution is 0.172. The number of imidazole rings is 1. The number of urea groups is 1. The number of nitrogens with one attached hydrogen (secondary N) is 1. The van der Waals surface area contributed by atoms with E-state index in [1.54, 1.807) is 17.0 Å². The summed E-state index contributed by atoms with van der Waals surface area (Å²) in [7, 11) is -3.55. The van der Waals surface area contributed by atoms with Crippen molar-refractivity contribution in [2.45, 2.75) is 25.2 Å². The average Bonchev–Trinajstić information content (AvgIpc) is 3.18. The van der Waals surface area contributed by atoms with Crippen molar-refractivity contribution in [1.29, 1.82) is 0 Å². The van der Waals surface area contributed by atoms with Crippen molar-refractivity contribution in [2.24, 2.45) is 0 Å². The summed E-state index contributed by atoms with van der Waals surface area (Å²) in [4.78, 5) is 19.0. The Morgan fingerprint density at radius 3 is 2.55 bits per heavy atom. The van der Waals surface area contributed by atoms with Gasteiger partial charge in [0.15, 0.2) is 0 Å². The number of carbonyl (C=O) groups excluding carboxylic acids is 1. The molecule has 3 aromatic rings. The quantitative estimate of drug-likeness (QED) is 0.658. The number of aromatic nitrogens is 2. The van der Waals surface area contributed by atoms with Crippen LogP contribution in [-0.2, 0) is 16.4 Å². The third-order valence-electron chi connectivity index (χ3n) is 5.71. The molecule has 0 unspecified atom stereocenters. The molecule has 3 heterocycles. The fraction of sp³-hybridized carbons (Fsp3) is 0.364. The summed E-state index contributed by atoms with van der Waals surface area (Å²) in [6.07, 6.45) is 4.53. The highest BCUT2D eigenvalue weighted by molar-refractivity contribution is 7.89. The van der Waals surface area contributed by atoms with Crippen molar-refractivity contribution in [1.82, 2.24) is 23.9 Å². The number of piperazine rings is 1. The monoisotopic (exact) mass is 441 g/mol. The number of rotatable bonds is 5. The third kappa shape index (κ3) is 4.57. The molecular formula is C22H27N5O3S. The zero-order valence-electron chi connectivity index (χ0n) is 17.8. The lowest BCUT2D eigenvalue weighted by Crippen LogP contribution is -2.53. The minimum Gasteiger partial charge on any atom is -0.338 e. The molecule has 9 heteroatoms. The van der Waals surface area contributed by atoms with E-state index in [9.17, 15) is 13.2 Å². The zero-order chi connectivity index (χ0) is 22.0. The number of benzene rings is 1. The standard InChI is InChI=1S/C22H27N5O3S/c1-17-6-7-20(15-18(17)2)31(29,30)27-13-11-25(12-14-27)22(28)23-9-8-19-16-26-10-4-3-5-21(26)24-19/h3-7,10,15-16H,8-9,11-14H2,1-2H3,(H,23,28). The number of aryl methyl sites for hydroxylation is 2. The first-order valence-electron chi connectivity index (χ1n) is 10.4. The van der Waals surface area contributed by atoms with Gasteiger partial charge in [0.1, 0.15) is 5.65 Å². The van der Waals surface area contributed by atoms with Crippen LogP contribution in [-0.4, -0.2) is 65.8 Å². The fourth-order valence-corrected chi connectivity index (χ4v) is 5.18. The van der Waals surface area contributed by atoms with Crippen molar-refractivity contribution in [3.05, 3.63) is 65.6 Å². The SMILES string of the molecule is Cc1ccc(S(=O)(=O)N2CCN(C(=O)NCCc3cn4ccccc4n3)CC2)cc1C. The van der Waals surface area contributed by atoms with Gasteiger partial charge in [-0.15, -0.1) is 0 Å². The molecule has 0 saturated carbocycles. The van der Waals surface area contributed by atoms with Crippen LogP contribution in [0.4, 0.5) is 4.79 Å².